The summed E-state index contributed by atoms with van der Waals surface area (Å²) in [5, 5.41) is 14.0. The summed E-state index contributed by atoms with van der Waals surface area (Å²) in [6.07, 6.45) is 2.89. The Morgan fingerprint density at radius 1 is 1.71 bits per heavy atom. The van der Waals surface area contributed by atoms with Gasteiger partial charge in [-0.25, -0.2) is 4.98 Å². The first-order valence-electron chi connectivity index (χ1n) is 4.56. The molecular formula is C9H9N5O3. The minimum Gasteiger partial charge on any atom is -0.481 e. The molecule has 1 aromatic heterocycles. The van der Waals surface area contributed by atoms with E-state index in [2.05, 4.69) is 15.0 Å². The van der Waals surface area contributed by atoms with Crippen molar-refractivity contribution in [3.8, 4) is 5.88 Å². The fourth-order valence-electron chi connectivity index (χ4n) is 1.09. The Morgan fingerprint density at radius 2 is 2.47 bits per heavy atom. The van der Waals surface area contributed by atoms with Gasteiger partial charge in [-0.15, -0.1) is 0 Å². The fourth-order valence-corrected chi connectivity index (χ4v) is 1.09. The number of methoxy groups -OCH3 is 1. The molecule has 0 amide bonds. The zero-order valence-electron chi connectivity index (χ0n) is 8.98. The van der Waals surface area contributed by atoms with E-state index in [-0.39, 0.29) is 23.8 Å². The van der Waals surface area contributed by atoms with Crippen LogP contribution in [-0.2, 0) is 0 Å². The molecule has 0 bridgehead atoms. The molecule has 8 heteroatoms. The van der Waals surface area contributed by atoms with Crippen molar-refractivity contribution in [2.75, 3.05) is 13.7 Å². The summed E-state index contributed by atoms with van der Waals surface area (Å²) in [5.41, 5.74) is 8.09. The number of hydrogen-bond acceptors (Lipinski definition) is 5. The maximum atomic E-state index is 10.7. The fraction of sp³-hybridized carbons (Fsp3) is 0.222. The van der Waals surface area contributed by atoms with Crippen molar-refractivity contribution in [2.24, 2.45) is 5.11 Å². The number of nitro groups is 1. The summed E-state index contributed by atoms with van der Waals surface area (Å²) in [6, 6.07) is 2.71. The van der Waals surface area contributed by atoms with E-state index < -0.39 is 4.92 Å². The van der Waals surface area contributed by atoms with Crippen LogP contribution in [0, 0.1) is 10.1 Å². The first kappa shape index (κ1) is 12.5. The largest absolute Gasteiger partial charge is 0.481 e. The van der Waals surface area contributed by atoms with Gasteiger partial charge in [0, 0.05) is 23.6 Å². The third-order valence-electron chi connectivity index (χ3n) is 1.81. The van der Waals surface area contributed by atoms with Gasteiger partial charge in [0.25, 0.3) is 5.69 Å². The standard InChI is InChI=1S/C9H9N5O3/c1-17-9-5-4-8(14(15)16)7(12-9)3-2-6-11-13-10/h2-5H,6H2,1H3. The third kappa shape index (κ3) is 3.47. The van der Waals surface area contributed by atoms with Crippen LogP contribution >= 0.6 is 0 Å². The average Bonchev–Trinajstić information content (AvgIpc) is 2.34. The first-order valence-corrected chi connectivity index (χ1v) is 4.56. The SMILES string of the molecule is COc1ccc([N+](=O)[O-])c(C=CCN=[N+]=[N-])n1. The van der Waals surface area contributed by atoms with E-state index >= 15 is 0 Å². The van der Waals surface area contributed by atoms with Gasteiger partial charge >= 0.3 is 0 Å². The van der Waals surface area contributed by atoms with E-state index in [0.717, 1.165) is 0 Å². The van der Waals surface area contributed by atoms with Crippen molar-refractivity contribution in [3.63, 3.8) is 0 Å². The minimum atomic E-state index is -0.542. The van der Waals surface area contributed by atoms with Gasteiger partial charge in [-0.3, -0.25) is 10.1 Å². The Labute approximate surface area is 96.3 Å². The Balaban J connectivity index is 3.04. The molecular weight excluding hydrogens is 226 g/mol. The van der Waals surface area contributed by atoms with Gasteiger partial charge in [0.1, 0.15) is 5.69 Å². The summed E-state index contributed by atoms with van der Waals surface area (Å²) in [7, 11) is 1.42. The summed E-state index contributed by atoms with van der Waals surface area (Å²) in [4.78, 5) is 16.7. The quantitative estimate of drug-likeness (QED) is 0.256. The van der Waals surface area contributed by atoms with Crippen LogP contribution < -0.4 is 4.74 Å². The van der Waals surface area contributed by atoms with Crippen LogP contribution in [0.2, 0.25) is 0 Å². The summed E-state index contributed by atoms with van der Waals surface area (Å²) < 4.78 is 4.87. The summed E-state index contributed by atoms with van der Waals surface area (Å²) in [6.45, 7) is 0.104. The van der Waals surface area contributed by atoms with E-state index in [1.807, 2.05) is 0 Å². The van der Waals surface area contributed by atoms with Gasteiger partial charge in [-0.2, -0.15) is 0 Å². The van der Waals surface area contributed by atoms with E-state index in [4.69, 9.17) is 10.3 Å². The van der Waals surface area contributed by atoms with Crippen LogP contribution in [0.1, 0.15) is 5.69 Å². The molecule has 0 saturated heterocycles. The Kier molecular flexibility index (Phi) is 4.46. The molecule has 0 N–H and O–H groups in total. The van der Waals surface area contributed by atoms with Gasteiger partial charge in [-0.1, -0.05) is 11.2 Å². The first-order chi connectivity index (χ1) is 8.19. The highest BCUT2D eigenvalue weighted by Gasteiger charge is 2.13. The lowest BCUT2D eigenvalue weighted by molar-refractivity contribution is -0.385. The highest BCUT2D eigenvalue weighted by molar-refractivity contribution is 5.57. The lowest BCUT2D eigenvalue weighted by Crippen LogP contribution is -1.96. The number of pyridine rings is 1. The number of rotatable bonds is 5. The van der Waals surface area contributed by atoms with Crippen LogP contribution in [0.15, 0.2) is 23.3 Å². The Bertz CT molecular complexity index is 493. The van der Waals surface area contributed by atoms with Gasteiger partial charge < -0.3 is 4.74 Å². The van der Waals surface area contributed by atoms with Crippen LogP contribution in [0.3, 0.4) is 0 Å². The molecule has 0 aliphatic heterocycles. The summed E-state index contributed by atoms with van der Waals surface area (Å²) in [5.74, 6) is 0.277. The lowest BCUT2D eigenvalue weighted by atomic mass is 10.2. The molecule has 0 aliphatic carbocycles. The second kappa shape index (κ2) is 6.09. The van der Waals surface area contributed by atoms with Crippen molar-refractivity contribution in [2.45, 2.75) is 0 Å². The van der Waals surface area contributed by atoms with Crippen molar-refractivity contribution in [3.05, 3.63) is 44.5 Å². The molecule has 0 fully saturated rings. The molecule has 1 aromatic rings. The Morgan fingerprint density at radius 3 is 3.06 bits per heavy atom. The van der Waals surface area contributed by atoms with Crippen LogP contribution in [-0.4, -0.2) is 23.6 Å². The number of azide groups is 1. The predicted octanol–water partition coefficient (Wildman–Crippen LogP) is 2.32. The minimum absolute atomic E-state index is 0.104. The molecule has 0 unspecified atom stereocenters. The van der Waals surface area contributed by atoms with Crippen molar-refractivity contribution in [1.29, 1.82) is 0 Å². The second-order valence-corrected chi connectivity index (χ2v) is 2.83. The number of aromatic nitrogens is 1. The van der Waals surface area contributed by atoms with E-state index in [9.17, 15) is 10.1 Å². The van der Waals surface area contributed by atoms with Crippen LogP contribution in [0.25, 0.3) is 16.5 Å². The molecule has 8 nitrogen and oxygen atoms in total. The van der Waals surface area contributed by atoms with Crippen molar-refractivity contribution < 1.29 is 9.66 Å². The van der Waals surface area contributed by atoms with Gasteiger partial charge in [0.05, 0.1) is 12.0 Å². The second-order valence-electron chi connectivity index (χ2n) is 2.83. The third-order valence-corrected chi connectivity index (χ3v) is 1.81. The average molecular weight is 235 g/mol. The van der Waals surface area contributed by atoms with Crippen molar-refractivity contribution >= 4 is 11.8 Å². The smallest absolute Gasteiger partial charge is 0.295 e. The molecule has 88 valence electrons. The maximum absolute atomic E-state index is 10.7. The number of nitrogens with zero attached hydrogens (tertiary/aromatic N) is 5. The van der Waals surface area contributed by atoms with Gasteiger partial charge in [0.15, 0.2) is 0 Å². The van der Waals surface area contributed by atoms with E-state index in [1.165, 1.54) is 31.4 Å². The molecule has 1 heterocycles. The normalized spacial score (nSPS) is 9.94. The van der Waals surface area contributed by atoms with Gasteiger partial charge in [-0.05, 0) is 11.6 Å². The zero-order chi connectivity index (χ0) is 12.7. The molecule has 0 saturated carbocycles. The molecule has 0 radical (unpaired) electrons. The molecule has 0 aromatic carbocycles. The highest BCUT2D eigenvalue weighted by Crippen LogP contribution is 2.21. The highest BCUT2D eigenvalue weighted by atomic mass is 16.6. The molecule has 0 atom stereocenters. The molecule has 17 heavy (non-hydrogen) atoms. The van der Waals surface area contributed by atoms with Crippen molar-refractivity contribution in [1.82, 2.24) is 4.98 Å². The monoisotopic (exact) mass is 235 g/mol. The number of hydrogen-bond donors (Lipinski definition) is 0. The maximum Gasteiger partial charge on any atom is 0.295 e. The Hall–Kier alpha value is -2.60. The lowest BCUT2D eigenvalue weighted by Gasteiger charge is -2.00. The molecule has 0 aliphatic rings. The summed E-state index contributed by atoms with van der Waals surface area (Å²) >= 11 is 0. The van der Waals surface area contributed by atoms with E-state index in [1.54, 1.807) is 0 Å². The van der Waals surface area contributed by atoms with E-state index in [0.29, 0.717) is 0 Å². The zero-order valence-corrected chi connectivity index (χ0v) is 8.98. The molecule has 1 rings (SSSR count). The molecule has 0 spiro atoms. The van der Waals surface area contributed by atoms with Crippen LogP contribution in [0.5, 0.6) is 5.88 Å². The van der Waals surface area contributed by atoms with Gasteiger partial charge in [0.2, 0.25) is 5.88 Å². The predicted molar refractivity (Wildman–Crippen MR) is 60.5 cm³/mol. The van der Waals surface area contributed by atoms with Crippen LogP contribution in [0.4, 0.5) is 5.69 Å². The number of ether oxygens (including phenoxy) is 1. The topological polar surface area (TPSA) is 114 Å².